The minimum absolute atomic E-state index is 0.0743. The highest BCUT2D eigenvalue weighted by Gasteiger charge is 2.40. The summed E-state index contributed by atoms with van der Waals surface area (Å²) in [6, 6.07) is 4.44. The third-order valence-corrected chi connectivity index (χ3v) is 6.29. The normalized spacial score (nSPS) is 23.9. The largest absolute Gasteiger partial charge is 0.392 e. The van der Waals surface area contributed by atoms with Gasteiger partial charge in [0.1, 0.15) is 4.90 Å². The average Bonchev–Trinajstić information content (AvgIpc) is 2.69. The van der Waals surface area contributed by atoms with Gasteiger partial charge in [-0.05, 0) is 38.7 Å². The monoisotopic (exact) mass is 396 g/mol. The Balaban J connectivity index is 2.37. The molecule has 1 fully saturated rings. The number of aliphatic hydroxyl groups is 1. The summed E-state index contributed by atoms with van der Waals surface area (Å²) in [5, 5.41) is 10.0. The van der Waals surface area contributed by atoms with Crippen molar-refractivity contribution in [3.63, 3.8) is 0 Å². The molecule has 2 rings (SSSR count). The molecule has 1 N–H and O–H groups in total. The topological polar surface area (TPSA) is 60.9 Å². The molecule has 2 unspecified atom stereocenters. The Bertz CT molecular complexity index is 624. The van der Waals surface area contributed by atoms with Gasteiger partial charge in [-0.3, -0.25) is 0 Å². The van der Waals surface area contributed by atoms with E-state index in [1.165, 1.54) is 10.4 Å². The summed E-state index contributed by atoms with van der Waals surface area (Å²) in [5.74, 6) is 0. The van der Waals surface area contributed by atoms with Crippen molar-refractivity contribution < 1.29 is 13.5 Å². The van der Waals surface area contributed by atoms with E-state index in [1.54, 1.807) is 12.1 Å². The van der Waals surface area contributed by atoms with Crippen LogP contribution in [0.2, 0.25) is 5.02 Å². The van der Waals surface area contributed by atoms with Crippen molar-refractivity contribution in [1.29, 1.82) is 0 Å². The molecule has 0 radical (unpaired) electrons. The molecular weight excluding hydrogens is 380 g/mol. The van der Waals surface area contributed by atoms with Crippen molar-refractivity contribution in [2.45, 2.75) is 23.5 Å². The summed E-state index contributed by atoms with van der Waals surface area (Å²) >= 11 is 9.33. The van der Waals surface area contributed by atoms with Crippen LogP contribution in [0.15, 0.2) is 27.6 Å². The zero-order chi connectivity index (χ0) is 15.8. The van der Waals surface area contributed by atoms with Gasteiger partial charge < -0.3 is 10.0 Å². The van der Waals surface area contributed by atoms with Crippen LogP contribution >= 0.6 is 27.5 Å². The molecule has 0 bridgehead atoms. The first-order valence-corrected chi connectivity index (χ1v) is 9.12. The van der Waals surface area contributed by atoms with Gasteiger partial charge in [-0.2, -0.15) is 4.31 Å². The minimum atomic E-state index is -3.72. The summed E-state index contributed by atoms with van der Waals surface area (Å²) in [6.45, 7) is 0.664. The Morgan fingerprint density at radius 1 is 1.48 bits per heavy atom. The number of aliphatic hydroxyl groups excluding tert-OH is 1. The molecule has 0 aromatic heterocycles. The van der Waals surface area contributed by atoms with Gasteiger partial charge in [-0.1, -0.05) is 27.5 Å². The van der Waals surface area contributed by atoms with E-state index in [1.807, 2.05) is 19.0 Å². The van der Waals surface area contributed by atoms with Crippen LogP contribution in [0.25, 0.3) is 0 Å². The highest BCUT2D eigenvalue weighted by molar-refractivity contribution is 9.10. The van der Waals surface area contributed by atoms with E-state index in [0.29, 0.717) is 13.0 Å². The van der Waals surface area contributed by atoms with Crippen molar-refractivity contribution in [3.05, 3.63) is 27.7 Å². The fourth-order valence-electron chi connectivity index (χ4n) is 2.56. The SMILES string of the molecule is CN(C)CC1CC(O)CN1S(=O)(=O)c1ccc(Br)cc1Cl. The van der Waals surface area contributed by atoms with Crippen LogP contribution in [0.4, 0.5) is 0 Å². The molecule has 0 saturated carbocycles. The third kappa shape index (κ3) is 3.78. The average molecular weight is 398 g/mol. The second-order valence-electron chi connectivity index (χ2n) is 5.46. The van der Waals surface area contributed by atoms with E-state index in [2.05, 4.69) is 15.9 Å². The molecule has 21 heavy (non-hydrogen) atoms. The van der Waals surface area contributed by atoms with E-state index in [-0.39, 0.29) is 22.5 Å². The van der Waals surface area contributed by atoms with E-state index in [9.17, 15) is 13.5 Å². The van der Waals surface area contributed by atoms with E-state index >= 15 is 0 Å². The van der Waals surface area contributed by atoms with Crippen LogP contribution in [-0.2, 0) is 10.0 Å². The summed E-state index contributed by atoms with van der Waals surface area (Å²) < 4.78 is 27.7. The quantitative estimate of drug-likeness (QED) is 0.841. The lowest BCUT2D eigenvalue weighted by Gasteiger charge is -2.26. The molecule has 0 spiro atoms. The van der Waals surface area contributed by atoms with Gasteiger partial charge in [-0.15, -0.1) is 0 Å². The Labute approximate surface area is 138 Å². The molecule has 0 amide bonds. The summed E-state index contributed by atoms with van der Waals surface area (Å²) in [5.41, 5.74) is 0. The second-order valence-corrected chi connectivity index (χ2v) is 8.64. The fraction of sp³-hybridized carbons (Fsp3) is 0.538. The standard InChI is InChI=1S/C13H18BrClN2O3S/c1-16(2)7-10-6-11(18)8-17(10)21(19,20)13-4-3-9(14)5-12(13)15/h3-5,10-11,18H,6-8H2,1-2H3. The third-order valence-electron chi connectivity index (χ3n) is 3.40. The molecule has 1 saturated heterocycles. The minimum Gasteiger partial charge on any atom is -0.392 e. The highest BCUT2D eigenvalue weighted by Crippen LogP contribution is 2.32. The van der Waals surface area contributed by atoms with E-state index in [0.717, 1.165) is 4.47 Å². The lowest BCUT2D eigenvalue weighted by atomic mass is 10.2. The maximum Gasteiger partial charge on any atom is 0.244 e. The van der Waals surface area contributed by atoms with Gasteiger partial charge in [0.2, 0.25) is 10.0 Å². The van der Waals surface area contributed by atoms with Crippen LogP contribution in [0, 0.1) is 0 Å². The van der Waals surface area contributed by atoms with Crippen molar-refractivity contribution in [3.8, 4) is 0 Å². The number of halogens is 2. The predicted octanol–water partition coefficient (Wildman–Crippen LogP) is 1.79. The Kier molecular flexibility index (Phi) is 5.33. The summed E-state index contributed by atoms with van der Waals surface area (Å²) in [7, 11) is 0.0342. The predicted molar refractivity (Wildman–Crippen MR) is 86.0 cm³/mol. The molecule has 8 heteroatoms. The first-order valence-electron chi connectivity index (χ1n) is 6.51. The number of nitrogens with zero attached hydrogens (tertiary/aromatic N) is 2. The zero-order valence-corrected chi connectivity index (χ0v) is 15.0. The number of hydrogen-bond donors (Lipinski definition) is 1. The molecule has 118 valence electrons. The Hall–Kier alpha value is -0.180. The molecule has 1 aliphatic rings. The fourth-order valence-corrected chi connectivity index (χ4v) is 5.23. The van der Waals surface area contributed by atoms with Crippen LogP contribution < -0.4 is 0 Å². The van der Waals surface area contributed by atoms with Crippen molar-refractivity contribution in [1.82, 2.24) is 9.21 Å². The number of sulfonamides is 1. The zero-order valence-electron chi connectivity index (χ0n) is 11.8. The first kappa shape index (κ1) is 17.2. The van der Waals surface area contributed by atoms with Crippen LogP contribution in [0.3, 0.4) is 0 Å². The summed E-state index contributed by atoms with van der Waals surface area (Å²) in [6.07, 6.45) is -0.204. The van der Waals surface area contributed by atoms with Gasteiger partial charge in [0.05, 0.1) is 11.1 Å². The maximum absolute atomic E-state index is 12.8. The number of hydrogen-bond acceptors (Lipinski definition) is 4. The number of β-amino-alcohol motifs (C(OH)–C–C–N with tert-alkyl or cyclic N) is 1. The van der Waals surface area contributed by atoms with Crippen molar-refractivity contribution in [2.24, 2.45) is 0 Å². The number of likely N-dealkylation sites (N-methyl/N-ethyl adjacent to an activating group) is 1. The van der Waals surface area contributed by atoms with Gasteiger partial charge in [-0.25, -0.2) is 8.42 Å². The Morgan fingerprint density at radius 3 is 2.71 bits per heavy atom. The van der Waals surface area contributed by atoms with Gasteiger partial charge in [0.25, 0.3) is 0 Å². The van der Waals surface area contributed by atoms with Crippen LogP contribution in [-0.4, -0.2) is 62.1 Å². The maximum atomic E-state index is 12.8. The second kappa shape index (κ2) is 6.52. The molecule has 2 atom stereocenters. The van der Waals surface area contributed by atoms with Crippen molar-refractivity contribution in [2.75, 3.05) is 27.2 Å². The highest BCUT2D eigenvalue weighted by atomic mass is 79.9. The molecule has 0 aliphatic carbocycles. The lowest BCUT2D eigenvalue weighted by molar-refractivity contribution is 0.188. The van der Waals surface area contributed by atoms with E-state index < -0.39 is 16.1 Å². The van der Waals surface area contributed by atoms with Crippen LogP contribution in [0.1, 0.15) is 6.42 Å². The molecule has 1 aromatic carbocycles. The Morgan fingerprint density at radius 2 is 2.14 bits per heavy atom. The summed E-state index contributed by atoms with van der Waals surface area (Å²) in [4.78, 5) is 1.99. The molecule has 5 nitrogen and oxygen atoms in total. The van der Waals surface area contributed by atoms with Crippen LogP contribution in [0.5, 0.6) is 0 Å². The lowest BCUT2D eigenvalue weighted by Crippen LogP contribution is -2.41. The van der Waals surface area contributed by atoms with Gasteiger partial charge in [0.15, 0.2) is 0 Å². The smallest absolute Gasteiger partial charge is 0.244 e. The molecular formula is C13H18BrClN2O3S. The first-order chi connectivity index (χ1) is 9.71. The number of benzene rings is 1. The molecule has 1 aromatic rings. The molecule has 1 heterocycles. The van der Waals surface area contributed by atoms with Crippen molar-refractivity contribution >= 4 is 37.6 Å². The van der Waals surface area contributed by atoms with Gasteiger partial charge in [0, 0.05) is 23.6 Å². The molecule has 1 aliphatic heterocycles. The van der Waals surface area contributed by atoms with Gasteiger partial charge >= 0.3 is 0 Å². The number of rotatable bonds is 4. The van der Waals surface area contributed by atoms with E-state index in [4.69, 9.17) is 11.6 Å².